The Bertz CT molecular complexity index is 764. The first-order valence-electron chi connectivity index (χ1n) is 11.2. The van der Waals surface area contributed by atoms with Gasteiger partial charge in [-0.25, -0.2) is 9.59 Å². The van der Waals surface area contributed by atoms with Crippen LogP contribution in [0.1, 0.15) is 67.7 Å². The highest BCUT2D eigenvalue weighted by Gasteiger charge is 2.58. The van der Waals surface area contributed by atoms with E-state index in [2.05, 4.69) is 6.08 Å². The quantitative estimate of drug-likeness (QED) is 0.291. The Morgan fingerprint density at radius 2 is 1.87 bits per heavy atom. The molecule has 6 heteroatoms. The average molecular weight is 435 g/mol. The first-order chi connectivity index (χ1) is 14.5. The van der Waals surface area contributed by atoms with Gasteiger partial charge in [-0.2, -0.15) is 0 Å². The summed E-state index contributed by atoms with van der Waals surface area (Å²) in [5.74, 6) is -1.47. The van der Waals surface area contributed by atoms with E-state index in [0.29, 0.717) is 17.6 Å². The van der Waals surface area contributed by atoms with Crippen LogP contribution in [0.3, 0.4) is 0 Å². The summed E-state index contributed by atoms with van der Waals surface area (Å²) in [6.07, 6.45) is 6.03. The van der Waals surface area contributed by atoms with Crippen LogP contribution in [0.4, 0.5) is 0 Å². The highest BCUT2D eigenvalue weighted by Crippen LogP contribution is 2.47. The predicted molar refractivity (Wildman–Crippen MR) is 119 cm³/mol. The standard InChI is InChI=1S/C25H38O6/c1-8-16(4)23(27)29-14-18(6)20-19(30-24(28)17(5)9-2)13-15(3)11-10-12-25(7)22(31-25)21(20)26/h8-9,11,18-22,26H,10,12-14H2,1-7H3/b15-11+,16-8-,17-9-/t18-,19+,20-,21-,22-,25+/m1/s1. The molecule has 1 saturated heterocycles. The molecule has 0 unspecified atom stereocenters. The average Bonchev–Trinajstić information content (AvgIpc) is 3.41. The van der Waals surface area contributed by atoms with Crippen molar-refractivity contribution in [1.82, 2.24) is 0 Å². The van der Waals surface area contributed by atoms with E-state index in [-0.39, 0.29) is 24.6 Å². The first-order valence-corrected chi connectivity index (χ1v) is 11.2. The molecule has 0 radical (unpaired) electrons. The normalized spacial score (nSPS) is 34.6. The van der Waals surface area contributed by atoms with E-state index in [1.165, 1.54) is 0 Å². The van der Waals surface area contributed by atoms with Crippen molar-refractivity contribution < 1.29 is 28.9 Å². The van der Waals surface area contributed by atoms with Crippen molar-refractivity contribution in [3.8, 4) is 0 Å². The fraction of sp³-hybridized carbons (Fsp3) is 0.680. The summed E-state index contributed by atoms with van der Waals surface area (Å²) in [5, 5.41) is 11.3. The van der Waals surface area contributed by atoms with Crippen molar-refractivity contribution in [1.29, 1.82) is 0 Å². The van der Waals surface area contributed by atoms with Crippen molar-refractivity contribution in [3.63, 3.8) is 0 Å². The van der Waals surface area contributed by atoms with E-state index >= 15 is 0 Å². The first kappa shape index (κ1) is 25.3. The third kappa shape index (κ3) is 6.30. The molecule has 0 saturated carbocycles. The minimum Gasteiger partial charge on any atom is -0.462 e. The minimum absolute atomic E-state index is 0.120. The summed E-state index contributed by atoms with van der Waals surface area (Å²) in [6.45, 7) is 13.0. The molecule has 174 valence electrons. The fourth-order valence-corrected chi connectivity index (χ4v) is 4.17. The van der Waals surface area contributed by atoms with Gasteiger partial charge in [-0.3, -0.25) is 0 Å². The van der Waals surface area contributed by atoms with Crippen LogP contribution < -0.4 is 0 Å². The van der Waals surface area contributed by atoms with Gasteiger partial charge in [-0.15, -0.1) is 0 Å². The lowest BCUT2D eigenvalue weighted by Crippen LogP contribution is -2.45. The molecule has 6 atom stereocenters. The van der Waals surface area contributed by atoms with Crippen LogP contribution in [0, 0.1) is 11.8 Å². The van der Waals surface area contributed by atoms with Gasteiger partial charge in [-0.05, 0) is 60.3 Å². The summed E-state index contributed by atoms with van der Waals surface area (Å²) in [6, 6.07) is 0. The number of carbonyl (C=O) groups is 2. The Morgan fingerprint density at radius 3 is 2.48 bits per heavy atom. The van der Waals surface area contributed by atoms with Crippen molar-refractivity contribution in [2.75, 3.05) is 6.61 Å². The molecular formula is C25H38O6. The number of hydrogen-bond donors (Lipinski definition) is 1. The molecule has 0 aromatic rings. The number of fused-ring (bicyclic) bond motifs is 1. The number of rotatable bonds is 6. The van der Waals surface area contributed by atoms with Crippen LogP contribution in [0.25, 0.3) is 0 Å². The molecule has 1 fully saturated rings. The molecule has 1 N–H and O–H groups in total. The topological polar surface area (TPSA) is 85.4 Å². The summed E-state index contributed by atoms with van der Waals surface area (Å²) >= 11 is 0. The summed E-state index contributed by atoms with van der Waals surface area (Å²) in [7, 11) is 0. The molecule has 0 aromatic heterocycles. The Labute approximate surface area is 186 Å². The fourth-order valence-electron chi connectivity index (χ4n) is 4.17. The van der Waals surface area contributed by atoms with Gasteiger partial charge < -0.3 is 19.3 Å². The Balaban J connectivity index is 2.33. The number of ether oxygens (including phenoxy) is 3. The monoisotopic (exact) mass is 434 g/mol. The van der Waals surface area contributed by atoms with Crippen molar-refractivity contribution >= 4 is 11.9 Å². The van der Waals surface area contributed by atoms with Crippen LogP contribution in [0.15, 0.2) is 34.9 Å². The molecule has 6 nitrogen and oxygen atoms in total. The van der Waals surface area contributed by atoms with Gasteiger partial charge in [0.25, 0.3) is 0 Å². The van der Waals surface area contributed by atoms with Gasteiger partial charge in [-0.1, -0.05) is 30.7 Å². The zero-order valence-electron chi connectivity index (χ0n) is 19.9. The van der Waals surface area contributed by atoms with E-state index in [9.17, 15) is 14.7 Å². The van der Waals surface area contributed by atoms with Crippen LogP contribution >= 0.6 is 0 Å². The SMILES string of the molecule is C/C=C(/C)C(=O)OC[C@@H](C)[C@H]1[C@@H](O)[C@H]2O[C@@]2(C)CC/C=C(\C)C[C@@H]1OC(=O)/C(C)=C\C. The number of aliphatic hydroxyl groups excluding tert-OH is 1. The number of esters is 2. The molecule has 1 heterocycles. The summed E-state index contributed by atoms with van der Waals surface area (Å²) in [4.78, 5) is 24.8. The van der Waals surface area contributed by atoms with Gasteiger partial charge in [0.2, 0.25) is 0 Å². The number of carbonyl (C=O) groups excluding carboxylic acids is 2. The lowest BCUT2D eigenvalue weighted by atomic mass is 9.77. The Kier molecular flexibility index (Phi) is 8.66. The molecule has 2 rings (SSSR count). The third-order valence-corrected chi connectivity index (χ3v) is 6.63. The Morgan fingerprint density at radius 1 is 1.26 bits per heavy atom. The number of aliphatic hydroxyl groups is 1. The smallest absolute Gasteiger partial charge is 0.333 e. The molecule has 1 aliphatic heterocycles. The molecule has 2 aliphatic rings. The molecule has 1 aliphatic carbocycles. The van der Waals surface area contributed by atoms with Gasteiger partial charge in [0.05, 0.1) is 18.3 Å². The molecule has 0 bridgehead atoms. The number of allylic oxidation sites excluding steroid dienone is 3. The van der Waals surface area contributed by atoms with Crippen LogP contribution in [-0.4, -0.2) is 47.6 Å². The van der Waals surface area contributed by atoms with Crippen LogP contribution in [0.2, 0.25) is 0 Å². The van der Waals surface area contributed by atoms with Gasteiger partial charge in [0.15, 0.2) is 0 Å². The number of epoxide rings is 1. The van der Waals surface area contributed by atoms with E-state index in [0.717, 1.165) is 18.4 Å². The van der Waals surface area contributed by atoms with E-state index in [1.807, 2.05) is 20.8 Å². The largest absolute Gasteiger partial charge is 0.462 e. The van der Waals surface area contributed by atoms with Crippen molar-refractivity contribution in [3.05, 3.63) is 34.9 Å². The van der Waals surface area contributed by atoms with Gasteiger partial charge in [0, 0.05) is 23.5 Å². The van der Waals surface area contributed by atoms with E-state index in [1.54, 1.807) is 39.8 Å². The minimum atomic E-state index is -0.837. The van der Waals surface area contributed by atoms with Gasteiger partial charge >= 0.3 is 11.9 Å². The lowest BCUT2D eigenvalue weighted by Gasteiger charge is -2.35. The molecular weight excluding hydrogens is 396 g/mol. The second-order valence-electron chi connectivity index (χ2n) is 9.18. The van der Waals surface area contributed by atoms with Crippen molar-refractivity contribution in [2.45, 2.75) is 91.6 Å². The zero-order chi connectivity index (χ0) is 23.3. The maximum Gasteiger partial charge on any atom is 0.333 e. The summed E-state index contributed by atoms with van der Waals surface area (Å²) in [5.41, 5.74) is 1.76. The predicted octanol–water partition coefficient (Wildman–Crippen LogP) is 4.27. The molecule has 0 amide bonds. The third-order valence-electron chi connectivity index (χ3n) is 6.63. The zero-order valence-corrected chi connectivity index (χ0v) is 19.9. The van der Waals surface area contributed by atoms with Crippen LogP contribution in [0.5, 0.6) is 0 Å². The highest BCUT2D eigenvalue weighted by molar-refractivity contribution is 5.88. The molecule has 0 spiro atoms. The molecule has 0 aromatic carbocycles. The van der Waals surface area contributed by atoms with Crippen molar-refractivity contribution in [2.24, 2.45) is 11.8 Å². The summed E-state index contributed by atoms with van der Waals surface area (Å²) < 4.78 is 17.3. The molecule has 31 heavy (non-hydrogen) atoms. The van der Waals surface area contributed by atoms with E-state index in [4.69, 9.17) is 14.2 Å². The van der Waals surface area contributed by atoms with Gasteiger partial charge in [0.1, 0.15) is 12.2 Å². The number of hydrogen-bond acceptors (Lipinski definition) is 6. The van der Waals surface area contributed by atoms with Crippen LogP contribution in [-0.2, 0) is 23.8 Å². The lowest BCUT2D eigenvalue weighted by molar-refractivity contribution is -0.155. The maximum absolute atomic E-state index is 12.6. The second kappa shape index (κ2) is 10.6. The second-order valence-corrected chi connectivity index (χ2v) is 9.18. The van der Waals surface area contributed by atoms with E-state index < -0.39 is 29.7 Å². The highest BCUT2D eigenvalue weighted by atomic mass is 16.6. The Hall–Kier alpha value is -1.92. The maximum atomic E-state index is 12.6.